The Balaban J connectivity index is 1.40. The van der Waals surface area contributed by atoms with Crippen LogP contribution in [-0.2, 0) is 0 Å². The summed E-state index contributed by atoms with van der Waals surface area (Å²) in [5, 5.41) is 5.21. The third-order valence-electron chi connectivity index (χ3n) is 5.67. The molecule has 0 unspecified atom stereocenters. The molecule has 3 aromatic rings. The van der Waals surface area contributed by atoms with Gasteiger partial charge >= 0.3 is 6.03 Å². The zero-order valence-corrected chi connectivity index (χ0v) is 19.8. The van der Waals surface area contributed by atoms with Gasteiger partial charge in [-0.3, -0.25) is 4.90 Å². The predicted octanol–water partition coefficient (Wildman–Crippen LogP) is 6.57. The summed E-state index contributed by atoms with van der Waals surface area (Å²) >= 11 is 0. The molecule has 2 amide bonds. The number of rotatable bonds is 12. The number of fused-ring (bicyclic) bond motifs is 1. The molecule has 1 N–H and O–H groups in total. The number of unbranched alkanes of at least 4 members (excludes halogenated alkanes) is 3. The fraction of sp³-hybridized carbons (Fsp3) is 0.321. The van der Waals surface area contributed by atoms with Crippen LogP contribution in [0.2, 0.25) is 0 Å². The number of hydrogen-bond acceptors (Lipinski definition) is 3. The van der Waals surface area contributed by atoms with Crippen LogP contribution in [0.25, 0.3) is 10.8 Å². The maximum Gasteiger partial charge on any atom is 0.326 e. The van der Waals surface area contributed by atoms with Crippen LogP contribution in [0.3, 0.4) is 0 Å². The summed E-state index contributed by atoms with van der Waals surface area (Å²) in [7, 11) is 3.89. The highest BCUT2D eigenvalue weighted by molar-refractivity contribution is 6.02. The first kappa shape index (κ1) is 24.3. The van der Waals surface area contributed by atoms with Crippen molar-refractivity contribution in [3.63, 3.8) is 0 Å². The average Bonchev–Trinajstić information content (AvgIpc) is 2.83. The van der Waals surface area contributed by atoms with Crippen molar-refractivity contribution in [3.8, 4) is 5.75 Å². The van der Waals surface area contributed by atoms with Gasteiger partial charge in [0, 0.05) is 25.0 Å². The molecule has 174 valence electrons. The number of anilines is 2. The molecule has 3 aromatic carbocycles. The lowest BCUT2D eigenvalue weighted by Gasteiger charge is -2.19. The number of nitrogens with one attached hydrogen (secondary N) is 1. The van der Waals surface area contributed by atoms with Gasteiger partial charge in [-0.2, -0.15) is 0 Å². The van der Waals surface area contributed by atoms with E-state index in [0.717, 1.165) is 53.8 Å². The lowest BCUT2D eigenvalue weighted by Crippen LogP contribution is -2.31. The molecule has 0 spiro atoms. The lowest BCUT2D eigenvalue weighted by atomic mass is 10.1. The van der Waals surface area contributed by atoms with Crippen LogP contribution in [0.5, 0.6) is 5.75 Å². The minimum Gasteiger partial charge on any atom is -0.494 e. The van der Waals surface area contributed by atoms with Crippen molar-refractivity contribution in [2.75, 3.05) is 44.0 Å². The van der Waals surface area contributed by atoms with Gasteiger partial charge in [0.15, 0.2) is 0 Å². The van der Waals surface area contributed by atoms with Crippen molar-refractivity contribution in [2.45, 2.75) is 25.7 Å². The molecule has 0 saturated heterocycles. The number of amides is 2. The zero-order chi connectivity index (χ0) is 23.5. The highest BCUT2D eigenvalue weighted by Gasteiger charge is 2.11. The summed E-state index contributed by atoms with van der Waals surface area (Å²) < 4.78 is 5.86. The topological polar surface area (TPSA) is 44.8 Å². The van der Waals surface area contributed by atoms with Gasteiger partial charge in [0.05, 0.1) is 6.61 Å². The normalized spacial score (nSPS) is 10.9. The third-order valence-corrected chi connectivity index (χ3v) is 5.67. The van der Waals surface area contributed by atoms with E-state index in [0.29, 0.717) is 6.61 Å². The van der Waals surface area contributed by atoms with Crippen LogP contribution >= 0.6 is 0 Å². The molecule has 5 nitrogen and oxygen atoms in total. The standard InChI is InChI=1S/C28H35N3O2/c1-4-19-30(2)20-9-5-6-10-21-33-27-17-15-26(16-18-27)31(3)28(32)29-25-14-13-23-11-7-8-12-24(23)22-25/h4,7-8,11-18,22H,1,5-6,9-10,19-21H2,2-3H3,(H,29,32). The number of carbonyl (C=O) groups is 1. The van der Waals surface area contributed by atoms with Gasteiger partial charge < -0.3 is 15.0 Å². The summed E-state index contributed by atoms with van der Waals surface area (Å²) in [4.78, 5) is 16.6. The fourth-order valence-electron chi connectivity index (χ4n) is 3.70. The molecule has 5 heteroatoms. The Bertz CT molecular complexity index is 1030. The van der Waals surface area contributed by atoms with E-state index in [1.807, 2.05) is 66.7 Å². The molecule has 0 aliphatic rings. The summed E-state index contributed by atoms with van der Waals surface area (Å²) in [5.41, 5.74) is 1.59. The van der Waals surface area contributed by atoms with Crippen molar-refractivity contribution >= 4 is 28.2 Å². The number of likely N-dealkylation sites (N-methyl/N-ethyl adjacent to an activating group) is 1. The lowest BCUT2D eigenvalue weighted by molar-refractivity contribution is 0.258. The molecular formula is C28H35N3O2. The van der Waals surface area contributed by atoms with Crippen LogP contribution in [0.1, 0.15) is 25.7 Å². The first-order chi connectivity index (χ1) is 16.1. The quantitative estimate of drug-likeness (QED) is 0.253. The van der Waals surface area contributed by atoms with Gasteiger partial charge in [-0.05, 0) is 73.6 Å². The SMILES string of the molecule is C=CCN(C)CCCCCCOc1ccc(N(C)C(=O)Nc2ccc3ccccc3c2)cc1. The van der Waals surface area contributed by atoms with Gasteiger partial charge in [0.2, 0.25) is 0 Å². The number of carbonyl (C=O) groups excluding carboxylic acids is 1. The fourth-order valence-corrected chi connectivity index (χ4v) is 3.70. The van der Waals surface area contributed by atoms with Gasteiger partial charge in [-0.15, -0.1) is 6.58 Å². The molecule has 0 heterocycles. The second kappa shape index (κ2) is 12.7. The summed E-state index contributed by atoms with van der Waals surface area (Å²) in [6.07, 6.45) is 6.56. The molecule has 0 aromatic heterocycles. The van der Waals surface area contributed by atoms with Crippen LogP contribution in [0.15, 0.2) is 79.4 Å². The first-order valence-electron chi connectivity index (χ1n) is 11.6. The van der Waals surface area contributed by atoms with E-state index < -0.39 is 0 Å². The van der Waals surface area contributed by atoms with Gasteiger partial charge in [0.1, 0.15) is 5.75 Å². The van der Waals surface area contributed by atoms with Gasteiger partial charge in [-0.25, -0.2) is 4.79 Å². The minimum absolute atomic E-state index is 0.183. The maximum absolute atomic E-state index is 12.7. The summed E-state index contributed by atoms with van der Waals surface area (Å²) in [6.45, 7) is 6.53. The Morgan fingerprint density at radius 2 is 1.67 bits per heavy atom. The predicted molar refractivity (Wildman–Crippen MR) is 139 cm³/mol. The number of benzene rings is 3. The summed E-state index contributed by atoms with van der Waals surface area (Å²) in [6, 6.07) is 21.5. The first-order valence-corrected chi connectivity index (χ1v) is 11.6. The number of nitrogens with zero attached hydrogens (tertiary/aromatic N) is 2. The van der Waals surface area contributed by atoms with Gasteiger partial charge in [0.25, 0.3) is 0 Å². The molecule has 0 saturated carbocycles. The molecule has 0 radical (unpaired) electrons. The summed E-state index contributed by atoms with van der Waals surface area (Å²) in [5.74, 6) is 0.827. The Morgan fingerprint density at radius 1 is 0.939 bits per heavy atom. The second-order valence-electron chi connectivity index (χ2n) is 8.36. The Morgan fingerprint density at radius 3 is 2.42 bits per heavy atom. The van der Waals surface area contributed by atoms with E-state index >= 15 is 0 Å². The average molecular weight is 446 g/mol. The molecular weight excluding hydrogens is 410 g/mol. The molecule has 33 heavy (non-hydrogen) atoms. The minimum atomic E-state index is -0.183. The molecule has 0 bridgehead atoms. The molecule has 0 atom stereocenters. The zero-order valence-electron chi connectivity index (χ0n) is 19.8. The van der Waals surface area contributed by atoms with Crippen molar-refractivity contribution < 1.29 is 9.53 Å². The molecule has 0 aliphatic carbocycles. The van der Waals surface area contributed by atoms with Crippen molar-refractivity contribution in [2.24, 2.45) is 0 Å². The smallest absolute Gasteiger partial charge is 0.326 e. The largest absolute Gasteiger partial charge is 0.494 e. The Labute approximate surface area is 197 Å². The highest BCUT2D eigenvalue weighted by atomic mass is 16.5. The van der Waals surface area contributed by atoms with Crippen molar-refractivity contribution in [1.82, 2.24) is 4.90 Å². The molecule has 0 aliphatic heterocycles. The molecule has 3 rings (SSSR count). The Kier molecular flexibility index (Phi) is 9.33. The number of urea groups is 1. The molecule has 0 fully saturated rings. The van der Waals surface area contributed by atoms with Crippen LogP contribution in [0, 0.1) is 0 Å². The van der Waals surface area contributed by atoms with E-state index in [1.165, 1.54) is 12.8 Å². The van der Waals surface area contributed by atoms with E-state index in [4.69, 9.17) is 4.74 Å². The second-order valence-corrected chi connectivity index (χ2v) is 8.36. The van der Waals surface area contributed by atoms with E-state index in [-0.39, 0.29) is 6.03 Å². The van der Waals surface area contributed by atoms with Crippen LogP contribution < -0.4 is 15.0 Å². The van der Waals surface area contributed by atoms with Crippen LogP contribution in [-0.4, -0.2) is 44.7 Å². The third kappa shape index (κ3) is 7.65. The van der Waals surface area contributed by atoms with Crippen molar-refractivity contribution in [3.05, 3.63) is 79.4 Å². The number of ether oxygens (including phenoxy) is 1. The number of hydrogen-bond donors (Lipinski definition) is 1. The van der Waals surface area contributed by atoms with Gasteiger partial charge in [-0.1, -0.05) is 49.2 Å². The monoisotopic (exact) mass is 445 g/mol. The maximum atomic E-state index is 12.7. The van der Waals surface area contributed by atoms with E-state index in [9.17, 15) is 4.79 Å². The van der Waals surface area contributed by atoms with Crippen molar-refractivity contribution in [1.29, 1.82) is 0 Å². The van der Waals surface area contributed by atoms with E-state index in [1.54, 1.807) is 11.9 Å². The van der Waals surface area contributed by atoms with Crippen LogP contribution in [0.4, 0.5) is 16.2 Å². The Hall–Kier alpha value is -3.31. The van der Waals surface area contributed by atoms with E-state index in [2.05, 4.69) is 29.9 Å². The highest BCUT2D eigenvalue weighted by Crippen LogP contribution is 2.22.